The lowest BCUT2D eigenvalue weighted by atomic mass is 9.85. The molecular weight excluding hydrogens is 423 g/mol. The Morgan fingerprint density at radius 3 is 2.40 bits per heavy atom. The highest BCUT2D eigenvalue weighted by Crippen LogP contribution is 2.21. The molecule has 2 N–H and O–H groups in total. The zero-order valence-electron chi connectivity index (χ0n) is 16.1. The highest BCUT2D eigenvalue weighted by molar-refractivity contribution is 14.0. The first-order valence-corrected chi connectivity index (χ1v) is 9.34. The van der Waals surface area contributed by atoms with Crippen molar-refractivity contribution in [2.45, 2.75) is 44.9 Å². The molecule has 1 aliphatic rings. The van der Waals surface area contributed by atoms with Gasteiger partial charge in [0.15, 0.2) is 5.96 Å². The molecule has 0 radical (unpaired) electrons. The molecule has 25 heavy (non-hydrogen) atoms. The zero-order chi connectivity index (χ0) is 17.3. The Hall–Kier alpha value is -0.820. The van der Waals surface area contributed by atoms with Crippen LogP contribution in [0.15, 0.2) is 35.3 Å². The molecule has 1 aliphatic heterocycles. The molecule has 5 heteroatoms. The van der Waals surface area contributed by atoms with Gasteiger partial charge in [-0.25, -0.2) is 0 Å². The van der Waals surface area contributed by atoms with E-state index in [-0.39, 0.29) is 29.4 Å². The van der Waals surface area contributed by atoms with Crippen LogP contribution in [0, 0.1) is 0 Å². The van der Waals surface area contributed by atoms with Crippen LogP contribution < -0.4 is 10.6 Å². The summed E-state index contributed by atoms with van der Waals surface area (Å²) in [4.78, 5) is 6.92. The maximum Gasteiger partial charge on any atom is 0.191 e. The lowest BCUT2D eigenvalue weighted by Gasteiger charge is -2.26. The molecule has 1 fully saturated rings. The van der Waals surface area contributed by atoms with Gasteiger partial charge < -0.3 is 15.5 Å². The molecule has 0 unspecified atom stereocenters. The minimum atomic E-state index is 0. The van der Waals surface area contributed by atoms with Crippen LogP contribution in [0.3, 0.4) is 0 Å². The quantitative estimate of drug-likeness (QED) is 0.271. The number of hydrogen-bond acceptors (Lipinski definition) is 2. The molecule has 0 aromatic heterocycles. The van der Waals surface area contributed by atoms with Gasteiger partial charge >= 0.3 is 0 Å². The Balaban J connectivity index is 0.00000312. The topological polar surface area (TPSA) is 39.7 Å². The smallest absolute Gasteiger partial charge is 0.191 e. The molecule has 2 rings (SSSR count). The number of hydrogen-bond donors (Lipinski definition) is 2. The van der Waals surface area contributed by atoms with E-state index in [2.05, 4.69) is 64.7 Å². The fourth-order valence-electron chi connectivity index (χ4n) is 3.19. The molecule has 1 heterocycles. The summed E-state index contributed by atoms with van der Waals surface area (Å²) in [6.07, 6.45) is 5.22. The SMILES string of the molecule is CN=C(NCCCCN1CCCC1)NCC(C)(C)c1ccccc1.I. The van der Waals surface area contributed by atoms with Gasteiger partial charge in [-0.05, 0) is 50.9 Å². The number of halogens is 1. The van der Waals surface area contributed by atoms with Crippen LogP contribution in [-0.4, -0.2) is 50.6 Å². The van der Waals surface area contributed by atoms with Crippen LogP contribution >= 0.6 is 24.0 Å². The maximum absolute atomic E-state index is 4.34. The van der Waals surface area contributed by atoms with E-state index in [0.29, 0.717) is 0 Å². The summed E-state index contributed by atoms with van der Waals surface area (Å²) in [5, 5.41) is 6.91. The van der Waals surface area contributed by atoms with Crippen molar-refractivity contribution in [3.8, 4) is 0 Å². The van der Waals surface area contributed by atoms with Crippen LogP contribution in [0.25, 0.3) is 0 Å². The predicted molar refractivity (Wildman–Crippen MR) is 119 cm³/mol. The number of guanidine groups is 1. The van der Waals surface area contributed by atoms with Crippen molar-refractivity contribution in [1.29, 1.82) is 0 Å². The molecule has 1 aromatic rings. The monoisotopic (exact) mass is 458 g/mol. The summed E-state index contributed by atoms with van der Waals surface area (Å²) >= 11 is 0. The number of nitrogens with zero attached hydrogens (tertiary/aromatic N) is 2. The molecule has 142 valence electrons. The summed E-state index contributed by atoms with van der Waals surface area (Å²) in [7, 11) is 1.84. The molecule has 0 saturated carbocycles. The standard InChI is InChI=1S/C20H34N4.HI/c1-20(2,18-11-5-4-6-12-18)17-23-19(21-3)22-13-7-8-14-24-15-9-10-16-24;/h4-6,11-12H,7-10,13-17H2,1-3H3,(H2,21,22,23);1H. The molecule has 1 aromatic carbocycles. The molecule has 0 amide bonds. The second kappa shape index (κ2) is 11.7. The van der Waals surface area contributed by atoms with E-state index in [9.17, 15) is 0 Å². The molecule has 0 bridgehead atoms. The molecule has 0 atom stereocenters. The number of aliphatic imine (C=N–C) groups is 1. The van der Waals surface area contributed by atoms with Crippen LogP contribution in [0.4, 0.5) is 0 Å². The number of rotatable bonds is 8. The Kier molecular flexibility index (Phi) is 10.4. The Labute approximate surface area is 170 Å². The van der Waals surface area contributed by atoms with Crippen molar-refractivity contribution in [1.82, 2.24) is 15.5 Å². The zero-order valence-corrected chi connectivity index (χ0v) is 18.4. The largest absolute Gasteiger partial charge is 0.356 e. The van der Waals surface area contributed by atoms with Crippen LogP contribution in [0.5, 0.6) is 0 Å². The highest BCUT2D eigenvalue weighted by Gasteiger charge is 2.20. The Morgan fingerprint density at radius 1 is 1.08 bits per heavy atom. The molecule has 4 nitrogen and oxygen atoms in total. The summed E-state index contributed by atoms with van der Waals surface area (Å²) in [6.45, 7) is 10.2. The average molecular weight is 458 g/mol. The number of likely N-dealkylation sites (tertiary alicyclic amines) is 1. The van der Waals surface area contributed by atoms with Crippen molar-refractivity contribution in [3.63, 3.8) is 0 Å². The lowest BCUT2D eigenvalue weighted by molar-refractivity contribution is 0.330. The first kappa shape index (κ1) is 22.2. The van der Waals surface area contributed by atoms with Gasteiger partial charge in [0.05, 0.1) is 0 Å². The van der Waals surface area contributed by atoms with Crippen molar-refractivity contribution in [2.24, 2.45) is 4.99 Å². The van der Waals surface area contributed by atoms with Gasteiger partial charge in [0.2, 0.25) is 0 Å². The van der Waals surface area contributed by atoms with Crippen molar-refractivity contribution in [3.05, 3.63) is 35.9 Å². The normalized spacial score (nSPS) is 15.7. The summed E-state index contributed by atoms with van der Waals surface area (Å²) in [6, 6.07) is 10.6. The van der Waals surface area contributed by atoms with E-state index < -0.39 is 0 Å². The Morgan fingerprint density at radius 2 is 1.76 bits per heavy atom. The third-order valence-electron chi connectivity index (χ3n) is 4.87. The number of unbranched alkanes of at least 4 members (excludes halogenated alkanes) is 1. The van der Waals surface area contributed by atoms with Gasteiger partial charge in [-0.3, -0.25) is 4.99 Å². The Bertz CT molecular complexity index is 496. The van der Waals surface area contributed by atoms with Crippen molar-refractivity contribution >= 4 is 29.9 Å². The van der Waals surface area contributed by atoms with Crippen LogP contribution in [0.2, 0.25) is 0 Å². The van der Waals surface area contributed by atoms with Gasteiger partial charge in [-0.15, -0.1) is 24.0 Å². The van der Waals surface area contributed by atoms with Gasteiger partial charge in [0.25, 0.3) is 0 Å². The number of nitrogens with one attached hydrogen (secondary N) is 2. The summed E-state index contributed by atoms with van der Waals surface area (Å²) in [5.74, 6) is 0.903. The highest BCUT2D eigenvalue weighted by atomic mass is 127. The van der Waals surface area contributed by atoms with Gasteiger partial charge in [0, 0.05) is 25.6 Å². The van der Waals surface area contributed by atoms with Crippen LogP contribution in [0.1, 0.15) is 45.1 Å². The minimum absolute atomic E-state index is 0. The molecular formula is C20H35IN4. The maximum atomic E-state index is 4.34. The van der Waals surface area contributed by atoms with Crippen molar-refractivity contribution in [2.75, 3.05) is 39.8 Å². The fraction of sp³-hybridized carbons (Fsp3) is 0.650. The van der Waals surface area contributed by atoms with Crippen LogP contribution in [-0.2, 0) is 5.41 Å². The van der Waals surface area contributed by atoms with Gasteiger partial charge in [0.1, 0.15) is 0 Å². The summed E-state index contributed by atoms with van der Waals surface area (Å²) < 4.78 is 0. The second-order valence-corrected chi connectivity index (χ2v) is 7.36. The first-order valence-electron chi connectivity index (χ1n) is 9.34. The van der Waals surface area contributed by atoms with Gasteiger partial charge in [-0.1, -0.05) is 44.2 Å². The van der Waals surface area contributed by atoms with E-state index in [4.69, 9.17) is 0 Å². The predicted octanol–water partition coefficient (Wildman–Crippen LogP) is 3.62. The van der Waals surface area contributed by atoms with E-state index in [1.165, 1.54) is 50.9 Å². The fourth-order valence-corrected chi connectivity index (χ4v) is 3.19. The first-order chi connectivity index (χ1) is 11.6. The van der Waals surface area contributed by atoms with Crippen molar-refractivity contribution < 1.29 is 0 Å². The van der Waals surface area contributed by atoms with Gasteiger partial charge in [-0.2, -0.15) is 0 Å². The average Bonchev–Trinajstić information content (AvgIpc) is 3.11. The molecule has 1 saturated heterocycles. The lowest BCUT2D eigenvalue weighted by Crippen LogP contribution is -2.43. The van der Waals surface area contributed by atoms with E-state index in [0.717, 1.165) is 19.0 Å². The van der Waals surface area contributed by atoms with E-state index in [1.54, 1.807) is 0 Å². The summed E-state index contributed by atoms with van der Waals surface area (Å²) in [5.41, 5.74) is 1.42. The second-order valence-electron chi connectivity index (χ2n) is 7.36. The molecule has 0 aliphatic carbocycles. The number of benzene rings is 1. The van der Waals surface area contributed by atoms with E-state index >= 15 is 0 Å². The third kappa shape index (κ3) is 7.94. The third-order valence-corrected chi connectivity index (χ3v) is 4.87. The van der Waals surface area contributed by atoms with E-state index in [1.807, 2.05) is 7.05 Å². The molecule has 0 spiro atoms. The minimum Gasteiger partial charge on any atom is -0.356 e.